The van der Waals surface area contributed by atoms with Gasteiger partial charge in [0.05, 0.1) is 17.3 Å². The van der Waals surface area contributed by atoms with E-state index in [1.807, 2.05) is 50.9 Å². The van der Waals surface area contributed by atoms with Gasteiger partial charge in [0.25, 0.3) is 0 Å². The first-order valence-corrected chi connectivity index (χ1v) is 8.08. The van der Waals surface area contributed by atoms with Gasteiger partial charge in [-0.05, 0) is 48.9 Å². The predicted octanol–water partition coefficient (Wildman–Crippen LogP) is 1.82. The van der Waals surface area contributed by atoms with E-state index in [1.165, 1.54) is 0 Å². The number of anilines is 1. The lowest BCUT2D eigenvalue weighted by molar-refractivity contribution is -0.116. The summed E-state index contributed by atoms with van der Waals surface area (Å²) in [5.74, 6) is 0.706. The number of benzene rings is 1. The van der Waals surface area contributed by atoms with Crippen molar-refractivity contribution in [2.75, 3.05) is 11.9 Å². The molecule has 0 bridgehead atoms. The molecule has 0 saturated carbocycles. The predicted molar refractivity (Wildman–Crippen MR) is 93.0 cm³/mol. The molecular weight excluding hydrogens is 318 g/mol. The summed E-state index contributed by atoms with van der Waals surface area (Å²) < 4.78 is 1.70. The van der Waals surface area contributed by atoms with Crippen LogP contribution in [0.4, 0.5) is 5.95 Å². The van der Waals surface area contributed by atoms with Crippen LogP contribution < -0.4 is 4.90 Å². The molecule has 1 aliphatic heterocycles. The minimum atomic E-state index is -0.605. The highest BCUT2D eigenvalue weighted by Gasteiger charge is 2.41. The number of Topliss-reactive ketones (excluding diaryl/α,β-unsaturated/α-hetero) is 1. The molecule has 3 heterocycles. The van der Waals surface area contributed by atoms with Crippen LogP contribution in [0.1, 0.15) is 26.3 Å². The number of rotatable bonds is 3. The fourth-order valence-corrected chi connectivity index (χ4v) is 3.54. The molecule has 1 aliphatic rings. The summed E-state index contributed by atoms with van der Waals surface area (Å²) in [7, 11) is 1.87. The van der Waals surface area contributed by atoms with E-state index >= 15 is 0 Å². The fraction of sp³-hybridized carbons (Fsp3) is 0.353. The number of tetrazole rings is 1. The Morgan fingerprint density at radius 3 is 2.92 bits per heavy atom. The monoisotopic (exact) mass is 337 g/mol. The van der Waals surface area contributed by atoms with Gasteiger partial charge < -0.3 is 4.90 Å². The van der Waals surface area contributed by atoms with Crippen molar-refractivity contribution < 1.29 is 4.79 Å². The molecule has 0 radical (unpaired) electrons. The molecule has 0 spiro atoms. The van der Waals surface area contributed by atoms with E-state index in [9.17, 15) is 4.79 Å². The minimum Gasteiger partial charge on any atom is -0.316 e. The number of nitrogens with zero attached hydrogens (tertiary/aromatic N) is 6. The first kappa shape index (κ1) is 15.5. The van der Waals surface area contributed by atoms with E-state index in [2.05, 4.69) is 25.7 Å². The number of nitrogens with one attached hydrogen (secondary N) is 1. The average molecular weight is 337 g/mol. The maximum atomic E-state index is 13.2. The van der Waals surface area contributed by atoms with Gasteiger partial charge in [0, 0.05) is 30.1 Å². The SMILES string of the molecule is CC1=C(C(=O)Cc2ccc3[nH]ncc3c2)C(C)(C)n2nnnc2N1C. The summed E-state index contributed by atoms with van der Waals surface area (Å²) in [6, 6.07) is 5.90. The Morgan fingerprint density at radius 1 is 1.32 bits per heavy atom. The molecule has 1 aromatic carbocycles. The van der Waals surface area contributed by atoms with Crippen molar-refractivity contribution in [1.82, 2.24) is 30.4 Å². The molecule has 0 aliphatic carbocycles. The third-order valence-corrected chi connectivity index (χ3v) is 4.91. The lowest BCUT2D eigenvalue weighted by atomic mass is 9.85. The van der Waals surface area contributed by atoms with Gasteiger partial charge in [-0.2, -0.15) is 5.10 Å². The zero-order valence-corrected chi connectivity index (χ0v) is 14.6. The highest BCUT2D eigenvalue weighted by molar-refractivity contribution is 6.00. The Labute approximate surface area is 144 Å². The first-order valence-electron chi connectivity index (χ1n) is 8.08. The number of aromatic nitrogens is 6. The molecule has 0 amide bonds. The third kappa shape index (κ3) is 2.25. The maximum absolute atomic E-state index is 13.2. The van der Waals surface area contributed by atoms with Crippen LogP contribution in [0.2, 0.25) is 0 Å². The van der Waals surface area contributed by atoms with E-state index in [0.29, 0.717) is 12.4 Å². The van der Waals surface area contributed by atoms with E-state index in [0.717, 1.165) is 27.7 Å². The van der Waals surface area contributed by atoms with Gasteiger partial charge in [0.1, 0.15) is 0 Å². The molecule has 0 saturated heterocycles. The normalized spacial score (nSPS) is 16.4. The first-order chi connectivity index (χ1) is 11.9. The van der Waals surface area contributed by atoms with Gasteiger partial charge in [-0.3, -0.25) is 9.89 Å². The molecule has 0 atom stereocenters. The number of ketones is 1. The minimum absolute atomic E-state index is 0.0679. The van der Waals surface area contributed by atoms with Crippen LogP contribution in [-0.4, -0.2) is 43.2 Å². The van der Waals surface area contributed by atoms with Gasteiger partial charge >= 0.3 is 0 Å². The molecule has 0 unspecified atom stereocenters. The Kier molecular flexibility index (Phi) is 3.24. The molecule has 3 aromatic rings. The molecular formula is C17H19N7O. The molecule has 0 fully saturated rings. The van der Waals surface area contributed by atoms with Gasteiger partial charge in [-0.1, -0.05) is 11.2 Å². The molecule has 25 heavy (non-hydrogen) atoms. The Hall–Kier alpha value is -3.03. The van der Waals surface area contributed by atoms with E-state index in [1.54, 1.807) is 10.9 Å². The number of H-pyrrole nitrogens is 1. The van der Waals surface area contributed by atoms with Crippen LogP contribution in [0.3, 0.4) is 0 Å². The van der Waals surface area contributed by atoms with E-state index < -0.39 is 5.54 Å². The van der Waals surface area contributed by atoms with E-state index in [4.69, 9.17) is 0 Å². The summed E-state index contributed by atoms with van der Waals surface area (Å²) in [6.45, 7) is 5.87. The number of carbonyl (C=O) groups is 1. The van der Waals surface area contributed by atoms with Crippen molar-refractivity contribution in [2.45, 2.75) is 32.7 Å². The largest absolute Gasteiger partial charge is 0.316 e. The third-order valence-electron chi connectivity index (χ3n) is 4.91. The van der Waals surface area contributed by atoms with Gasteiger partial charge in [-0.25, -0.2) is 4.68 Å². The van der Waals surface area contributed by atoms with Crippen LogP contribution in [-0.2, 0) is 16.8 Å². The number of aromatic amines is 1. The van der Waals surface area contributed by atoms with Crippen molar-refractivity contribution in [3.63, 3.8) is 0 Å². The number of carbonyl (C=O) groups excluding carboxylic acids is 1. The smallest absolute Gasteiger partial charge is 0.250 e. The summed E-state index contributed by atoms with van der Waals surface area (Å²) in [6.07, 6.45) is 2.09. The second-order valence-electron chi connectivity index (χ2n) is 6.86. The summed E-state index contributed by atoms with van der Waals surface area (Å²) in [5.41, 5.74) is 2.92. The van der Waals surface area contributed by atoms with Crippen LogP contribution in [0.5, 0.6) is 0 Å². The zero-order valence-electron chi connectivity index (χ0n) is 14.6. The van der Waals surface area contributed by atoms with Crippen molar-refractivity contribution in [3.8, 4) is 0 Å². The van der Waals surface area contributed by atoms with Gasteiger partial charge in [0.15, 0.2) is 5.78 Å². The van der Waals surface area contributed by atoms with Crippen molar-refractivity contribution in [2.24, 2.45) is 0 Å². The maximum Gasteiger partial charge on any atom is 0.250 e. The molecule has 2 aromatic heterocycles. The van der Waals surface area contributed by atoms with Crippen LogP contribution in [0, 0.1) is 0 Å². The Balaban J connectivity index is 1.72. The quantitative estimate of drug-likeness (QED) is 0.784. The summed E-state index contributed by atoms with van der Waals surface area (Å²) in [4.78, 5) is 15.0. The fourth-order valence-electron chi connectivity index (χ4n) is 3.54. The van der Waals surface area contributed by atoms with Crippen LogP contribution in [0.15, 0.2) is 35.7 Å². The molecule has 8 nitrogen and oxygen atoms in total. The molecule has 128 valence electrons. The Bertz CT molecular complexity index is 1010. The summed E-state index contributed by atoms with van der Waals surface area (Å²) >= 11 is 0. The lowest BCUT2D eigenvalue weighted by Crippen LogP contribution is -2.43. The molecule has 1 N–H and O–H groups in total. The number of hydrogen-bond donors (Lipinski definition) is 1. The average Bonchev–Trinajstić information content (AvgIpc) is 3.21. The number of allylic oxidation sites excluding steroid dienone is 2. The van der Waals surface area contributed by atoms with Crippen LogP contribution >= 0.6 is 0 Å². The second-order valence-corrected chi connectivity index (χ2v) is 6.86. The second kappa shape index (κ2) is 5.23. The van der Waals surface area contributed by atoms with Gasteiger partial charge in [0.2, 0.25) is 5.95 Å². The molecule has 8 heteroatoms. The molecule has 4 rings (SSSR count). The summed E-state index contributed by atoms with van der Waals surface area (Å²) in [5, 5.41) is 19.9. The highest BCUT2D eigenvalue weighted by Crippen LogP contribution is 2.37. The van der Waals surface area contributed by atoms with Crippen molar-refractivity contribution in [3.05, 3.63) is 41.2 Å². The van der Waals surface area contributed by atoms with E-state index in [-0.39, 0.29) is 5.78 Å². The Morgan fingerprint density at radius 2 is 2.12 bits per heavy atom. The van der Waals surface area contributed by atoms with Crippen molar-refractivity contribution >= 4 is 22.6 Å². The lowest BCUT2D eigenvalue weighted by Gasteiger charge is -2.37. The number of fused-ring (bicyclic) bond motifs is 2. The van der Waals surface area contributed by atoms with Crippen molar-refractivity contribution in [1.29, 1.82) is 0 Å². The zero-order chi connectivity index (χ0) is 17.8. The standard InChI is InChI=1S/C17H19N7O/c1-10-15(17(2,3)24-16(23(10)4)20-21-22-24)14(25)8-11-5-6-13-12(7-11)9-18-19-13/h5-7,9H,8H2,1-4H3,(H,18,19). The van der Waals surface area contributed by atoms with Crippen LogP contribution in [0.25, 0.3) is 10.9 Å². The van der Waals surface area contributed by atoms with Gasteiger partial charge in [-0.15, -0.1) is 0 Å². The topological polar surface area (TPSA) is 92.6 Å². The highest BCUT2D eigenvalue weighted by atomic mass is 16.1. The number of hydrogen-bond acceptors (Lipinski definition) is 6.